The molecule has 0 aromatic rings. The Morgan fingerprint density at radius 2 is 2.00 bits per heavy atom. The van der Waals surface area contributed by atoms with Crippen LogP contribution < -0.4 is 10.6 Å². The van der Waals surface area contributed by atoms with Crippen molar-refractivity contribution < 1.29 is 4.79 Å². The molecule has 3 heteroatoms. The minimum absolute atomic E-state index is 0.148. The Morgan fingerprint density at radius 1 is 1.12 bits per heavy atom. The first-order valence-corrected chi connectivity index (χ1v) is 6.47. The third-order valence-corrected chi connectivity index (χ3v) is 3.38. The number of amides is 1. The zero-order chi connectivity index (χ0) is 11.2. The van der Waals surface area contributed by atoms with Gasteiger partial charge in [-0.25, -0.2) is 0 Å². The Hall–Kier alpha value is -0.830. The average Bonchev–Trinajstić information content (AvgIpc) is 3.12. The van der Waals surface area contributed by atoms with E-state index in [1.54, 1.807) is 0 Å². The fraction of sp³-hybridized carbons (Fsp3) is 0.769. The molecule has 1 saturated carbocycles. The first-order chi connectivity index (χ1) is 7.84. The molecule has 2 rings (SSSR count). The summed E-state index contributed by atoms with van der Waals surface area (Å²) in [4.78, 5) is 11.5. The van der Waals surface area contributed by atoms with Crippen LogP contribution in [0.2, 0.25) is 0 Å². The SMILES string of the molecule is O=C(CNCC1CC1)NCC1CC=CCC1. The van der Waals surface area contributed by atoms with Gasteiger partial charge in [0, 0.05) is 6.54 Å². The molecule has 0 aliphatic heterocycles. The van der Waals surface area contributed by atoms with Gasteiger partial charge < -0.3 is 10.6 Å². The van der Waals surface area contributed by atoms with Crippen molar-refractivity contribution in [2.24, 2.45) is 11.8 Å². The van der Waals surface area contributed by atoms with Gasteiger partial charge in [-0.2, -0.15) is 0 Å². The van der Waals surface area contributed by atoms with Crippen LogP contribution in [0.4, 0.5) is 0 Å². The molecule has 16 heavy (non-hydrogen) atoms. The van der Waals surface area contributed by atoms with Crippen molar-refractivity contribution in [3.05, 3.63) is 12.2 Å². The van der Waals surface area contributed by atoms with Crippen molar-refractivity contribution in [1.82, 2.24) is 10.6 Å². The molecule has 2 aliphatic rings. The summed E-state index contributed by atoms with van der Waals surface area (Å²) in [7, 11) is 0. The lowest BCUT2D eigenvalue weighted by Gasteiger charge is -2.18. The summed E-state index contributed by atoms with van der Waals surface area (Å²) in [6.45, 7) is 2.34. The maximum Gasteiger partial charge on any atom is 0.233 e. The number of nitrogens with one attached hydrogen (secondary N) is 2. The van der Waals surface area contributed by atoms with Crippen LogP contribution in [0.5, 0.6) is 0 Å². The fourth-order valence-electron chi connectivity index (χ4n) is 2.07. The molecular weight excluding hydrogens is 200 g/mol. The summed E-state index contributed by atoms with van der Waals surface area (Å²) in [5.74, 6) is 1.64. The minimum atomic E-state index is 0.148. The van der Waals surface area contributed by atoms with E-state index in [1.807, 2.05) is 0 Å². The molecule has 1 amide bonds. The van der Waals surface area contributed by atoms with Crippen LogP contribution in [0, 0.1) is 11.8 Å². The van der Waals surface area contributed by atoms with E-state index < -0.39 is 0 Å². The molecule has 0 bridgehead atoms. The number of hydrogen-bond acceptors (Lipinski definition) is 2. The predicted octanol–water partition coefficient (Wildman–Crippen LogP) is 1.46. The Balaban J connectivity index is 1.50. The second kappa shape index (κ2) is 6.04. The molecule has 1 fully saturated rings. The largest absolute Gasteiger partial charge is 0.355 e. The maximum atomic E-state index is 11.5. The highest BCUT2D eigenvalue weighted by Crippen LogP contribution is 2.27. The second-order valence-corrected chi connectivity index (χ2v) is 5.03. The monoisotopic (exact) mass is 222 g/mol. The van der Waals surface area contributed by atoms with Gasteiger partial charge in [0.25, 0.3) is 0 Å². The Kier molecular flexibility index (Phi) is 4.40. The van der Waals surface area contributed by atoms with Crippen molar-refractivity contribution in [2.45, 2.75) is 32.1 Å². The van der Waals surface area contributed by atoms with Gasteiger partial charge in [0.05, 0.1) is 6.54 Å². The van der Waals surface area contributed by atoms with Crippen molar-refractivity contribution in [3.63, 3.8) is 0 Å². The molecule has 0 radical (unpaired) electrons. The summed E-state index contributed by atoms with van der Waals surface area (Å²) in [6.07, 6.45) is 10.6. The Morgan fingerprint density at radius 3 is 2.69 bits per heavy atom. The molecule has 3 nitrogen and oxygen atoms in total. The molecule has 0 saturated heterocycles. The van der Waals surface area contributed by atoms with E-state index in [-0.39, 0.29) is 5.91 Å². The van der Waals surface area contributed by atoms with Crippen molar-refractivity contribution >= 4 is 5.91 Å². The third kappa shape index (κ3) is 4.35. The number of allylic oxidation sites excluding steroid dienone is 2. The molecule has 0 aromatic heterocycles. The molecule has 0 heterocycles. The van der Waals surface area contributed by atoms with Gasteiger partial charge in [-0.1, -0.05) is 12.2 Å². The highest BCUT2D eigenvalue weighted by molar-refractivity contribution is 5.77. The number of carbonyl (C=O) groups is 1. The van der Waals surface area contributed by atoms with Gasteiger partial charge in [0.15, 0.2) is 0 Å². The molecular formula is C13H22N2O. The van der Waals surface area contributed by atoms with Crippen LogP contribution in [0.25, 0.3) is 0 Å². The molecule has 90 valence electrons. The van der Waals surface area contributed by atoms with Crippen molar-refractivity contribution in [1.29, 1.82) is 0 Å². The van der Waals surface area contributed by atoms with Crippen LogP contribution in [0.3, 0.4) is 0 Å². The summed E-state index contributed by atoms with van der Waals surface area (Å²) >= 11 is 0. The lowest BCUT2D eigenvalue weighted by molar-refractivity contribution is -0.120. The van der Waals surface area contributed by atoms with E-state index in [0.717, 1.165) is 25.4 Å². The molecule has 2 N–H and O–H groups in total. The van der Waals surface area contributed by atoms with Gasteiger partial charge >= 0.3 is 0 Å². The number of carbonyl (C=O) groups excluding carboxylic acids is 1. The maximum absolute atomic E-state index is 11.5. The van der Waals surface area contributed by atoms with E-state index in [9.17, 15) is 4.79 Å². The molecule has 1 atom stereocenters. The third-order valence-electron chi connectivity index (χ3n) is 3.38. The van der Waals surface area contributed by atoms with Gasteiger partial charge in [-0.15, -0.1) is 0 Å². The van der Waals surface area contributed by atoms with Gasteiger partial charge in [-0.3, -0.25) is 4.79 Å². The highest BCUT2D eigenvalue weighted by Gasteiger charge is 2.20. The van der Waals surface area contributed by atoms with E-state index in [2.05, 4.69) is 22.8 Å². The number of hydrogen-bond donors (Lipinski definition) is 2. The summed E-state index contributed by atoms with van der Waals surface area (Å²) in [5, 5.41) is 6.22. The average molecular weight is 222 g/mol. The second-order valence-electron chi connectivity index (χ2n) is 5.03. The van der Waals surface area contributed by atoms with Gasteiger partial charge in [0.2, 0.25) is 5.91 Å². The topological polar surface area (TPSA) is 41.1 Å². The van der Waals surface area contributed by atoms with E-state index in [1.165, 1.54) is 25.7 Å². The smallest absolute Gasteiger partial charge is 0.233 e. The molecule has 0 aromatic carbocycles. The van der Waals surface area contributed by atoms with E-state index in [4.69, 9.17) is 0 Å². The quantitative estimate of drug-likeness (QED) is 0.668. The normalized spacial score (nSPS) is 24.4. The van der Waals surface area contributed by atoms with E-state index in [0.29, 0.717) is 12.5 Å². The minimum Gasteiger partial charge on any atom is -0.355 e. The lowest BCUT2D eigenvalue weighted by atomic mass is 9.94. The van der Waals surface area contributed by atoms with Crippen LogP contribution in [-0.2, 0) is 4.79 Å². The van der Waals surface area contributed by atoms with Crippen LogP contribution >= 0.6 is 0 Å². The van der Waals surface area contributed by atoms with Crippen LogP contribution in [0.15, 0.2) is 12.2 Å². The summed E-state index contributed by atoms with van der Waals surface area (Å²) < 4.78 is 0. The van der Waals surface area contributed by atoms with Crippen molar-refractivity contribution in [3.8, 4) is 0 Å². The molecule has 2 aliphatic carbocycles. The van der Waals surface area contributed by atoms with Crippen LogP contribution in [-0.4, -0.2) is 25.5 Å². The van der Waals surface area contributed by atoms with Gasteiger partial charge in [-0.05, 0) is 50.5 Å². The summed E-state index contributed by atoms with van der Waals surface area (Å²) in [6, 6.07) is 0. The fourth-order valence-corrected chi connectivity index (χ4v) is 2.07. The van der Waals surface area contributed by atoms with Crippen LogP contribution in [0.1, 0.15) is 32.1 Å². The zero-order valence-electron chi connectivity index (χ0n) is 9.87. The zero-order valence-corrected chi connectivity index (χ0v) is 9.87. The lowest BCUT2D eigenvalue weighted by Crippen LogP contribution is -2.37. The Bertz CT molecular complexity index is 259. The van der Waals surface area contributed by atoms with E-state index >= 15 is 0 Å². The standard InChI is InChI=1S/C13H22N2O/c16-13(10-14-8-12-6-7-12)15-9-11-4-2-1-3-5-11/h1-2,11-12,14H,3-10H2,(H,15,16). The van der Waals surface area contributed by atoms with Crippen molar-refractivity contribution in [2.75, 3.05) is 19.6 Å². The first-order valence-electron chi connectivity index (χ1n) is 6.47. The van der Waals surface area contributed by atoms with Gasteiger partial charge in [0.1, 0.15) is 0 Å². The molecule has 1 unspecified atom stereocenters. The first kappa shape index (κ1) is 11.6. The Labute approximate surface area is 97.7 Å². The highest BCUT2D eigenvalue weighted by atomic mass is 16.1. The predicted molar refractivity (Wildman–Crippen MR) is 65.1 cm³/mol. The summed E-state index contributed by atoms with van der Waals surface area (Å²) in [5.41, 5.74) is 0. The number of rotatable bonds is 6. The molecule has 0 spiro atoms.